The molecule has 10 nitrogen and oxygen atoms in total. The largest absolute Gasteiger partial charge is 0.472 e. The van der Waals surface area contributed by atoms with Gasteiger partial charge in [0.25, 0.3) is 0 Å². The number of phosphoric acid groups is 1. The third-order valence-electron chi connectivity index (χ3n) is 8.21. The smallest absolute Gasteiger partial charge is 0.462 e. The van der Waals surface area contributed by atoms with Crippen molar-refractivity contribution in [1.82, 2.24) is 0 Å². The third-order valence-corrected chi connectivity index (χ3v) is 9.16. The molecule has 2 unspecified atom stereocenters. The van der Waals surface area contributed by atoms with E-state index in [-0.39, 0.29) is 19.4 Å². The normalized spacial score (nSPS) is 15.0. The van der Waals surface area contributed by atoms with Crippen molar-refractivity contribution in [3.63, 3.8) is 0 Å². The number of hydrogen-bond donors (Lipinski definition) is 3. The summed E-state index contributed by atoms with van der Waals surface area (Å²) >= 11 is 0. The Labute approximate surface area is 356 Å². The van der Waals surface area contributed by atoms with Gasteiger partial charge in [-0.25, -0.2) is 4.57 Å². The van der Waals surface area contributed by atoms with E-state index in [0.29, 0.717) is 12.8 Å². The zero-order chi connectivity index (χ0) is 43.3. The number of aliphatic hydroxyl groups is 2. The van der Waals surface area contributed by atoms with E-state index in [2.05, 4.69) is 103 Å². The summed E-state index contributed by atoms with van der Waals surface area (Å²) in [6.45, 7) is 2.01. The number of aliphatic hydroxyl groups excluding tert-OH is 2. The van der Waals surface area contributed by atoms with Crippen molar-refractivity contribution < 1.29 is 47.8 Å². The van der Waals surface area contributed by atoms with Gasteiger partial charge in [0, 0.05) is 12.8 Å². The molecule has 0 radical (unpaired) electrons. The topological polar surface area (TPSA) is 149 Å². The minimum Gasteiger partial charge on any atom is -0.462 e. The number of phosphoric ester groups is 1. The maximum atomic E-state index is 12.6. The molecule has 11 heteroatoms. The van der Waals surface area contributed by atoms with Crippen molar-refractivity contribution in [2.75, 3.05) is 26.4 Å². The van der Waals surface area contributed by atoms with Crippen LogP contribution in [0.2, 0.25) is 0 Å². The molecule has 59 heavy (non-hydrogen) atoms. The van der Waals surface area contributed by atoms with E-state index in [4.69, 9.17) is 19.1 Å². The van der Waals surface area contributed by atoms with Crippen LogP contribution in [-0.2, 0) is 32.7 Å². The summed E-state index contributed by atoms with van der Waals surface area (Å²) in [5, 5.41) is 18.3. The van der Waals surface area contributed by atoms with Gasteiger partial charge in [0.05, 0.1) is 19.8 Å². The second-order valence-corrected chi connectivity index (χ2v) is 15.1. The Morgan fingerprint density at radius 1 is 0.525 bits per heavy atom. The lowest BCUT2D eigenvalue weighted by Crippen LogP contribution is -2.29. The van der Waals surface area contributed by atoms with Gasteiger partial charge in [0.2, 0.25) is 0 Å². The van der Waals surface area contributed by atoms with Gasteiger partial charge in [-0.2, -0.15) is 0 Å². The van der Waals surface area contributed by atoms with E-state index in [1.54, 1.807) is 0 Å². The quantitative estimate of drug-likeness (QED) is 0.0180. The zero-order valence-electron chi connectivity index (χ0n) is 35.9. The van der Waals surface area contributed by atoms with Gasteiger partial charge in [-0.3, -0.25) is 18.6 Å². The molecule has 0 aromatic carbocycles. The Kier molecular flexibility index (Phi) is 39.9. The molecule has 0 amide bonds. The van der Waals surface area contributed by atoms with Crippen molar-refractivity contribution in [3.8, 4) is 0 Å². The number of carbonyl (C=O) groups excluding carboxylic acids is 2. The van der Waals surface area contributed by atoms with Crippen molar-refractivity contribution in [3.05, 3.63) is 122 Å². The molecule has 0 aliphatic heterocycles. The molecule has 0 aliphatic carbocycles. The highest BCUT2D eigenvalue weighted by atomic mass is 31.2. The standard InChI is InChI=1S/C48H75O10P/c1-3-5-7-9-11-13-15-17-18-19-20-21-22-23-24-25-26-28-29-31-33-35-37-39-47(51)55-43-46(44-57-59(53,54)56-42-45(50)41-49)58-48(52)40-38-36-34-32-30-27-16-14-12-10-8-6-4-2/h5-8,10-14,16-18,20-21,23-24,26-28,30,45-46,49-50H,3-4,9,15,19,22,25,29,31-44H2,1-2H3,(H,53,54)/b7-5+,8-6+,12-10+,13-11+,16-14+,18-17+,21-20+,24-23+,28-26+,30-27+/t45-,46?/m1/s1. The molecule has 3 N–H and O–H groups in total. The molecule has 332 valence electrons. The molecule has 0 fully saturated rings. The highest BCUT2D eigenvalue weighted by Crippen LogP contribution is 2.43. The summed E-state index contributed by atoms with van der Waals surface area (Å²) in [4.78, 5) is 35.0. The SMILES string of the molecule is CC/C=C/C=C/C=C/C=C/CCCCCC(=O)OC(COC(=O)CCCCCC/C=C/C/C=C/C/C=C/C/C=C/C/C=C/C/C=C/CC)COP(=O)(O)OC[C@H](O)CO. The lowest BCUT2D eigenvalue weighted by atomic mass is 10.1. The minimum absolute atomic E-state index is 0.124. The first-order valence-corrected chi connectivity index (χ1v) is 23.0. The van der Waals surface area contributed by atoms with Crippen LogP contribution in [0.1, 0.15) is 129 Å². The van der Waals surface area contributed by atoms with Gasteiger partial charge in [-0.05, 0) is 83.5 Å². The van der Waals surface area contributed by atoms with Gasteiger partial charge >= 0.3 is 19.8 Å². The monoisotopic (exact) mass is 843 g/mol. The van der Waals surface area contributed by atoms with Crippen LogP contribution in [0.25, 0.3) is 0 Å². The molecule has 0 rings (SSSR count). The van der Waals surface area contributed by atoms with Crippen LogP contribution < -0.4 is 0 Å². The fourth-order valence-electron chi connectivity index (χ4n) is 4.95. The molecule has 0 heterocycles. The highest BCUT2D eigenvalue weighted by Gasteiger charge is 2.27. The van der Waals surface area contributed by atoms with Gasteiger partial charge < -0.3 is 24.6 Å². The van der Waals surface area contributed by atoms with Gasteiger partial charge in [-0.15, -0.1) is 0 Å². The van der Waals surface area contributed by atoms with Crippen LogP contribution in [0.5, 0.6) is 0 Å². The lowest BCUT2D eigenvalue weighted by Gasteiger charge is -2.20. The number of esters is 2. The van der Waals surface area contributed by atoms with Crippen LogP contribution in [0.3, 0.4) is 0 Å². The van der Waals surface area contributed by atoms with Crippen LogP contribution in [0.4, 0.5) is 0 Å². The molecule has 0 aliphatic rings. The first-order chi connectivity index (χ1) is 28.7. The molecule has 0 aromatic heterocycles. The lowest BCUT2D eigenvalue weighted by molar-refractivity contribution is -0.161. The summed E-state index contributed by atoms with van der Waals surface area (Å²) in [5.74, 6) is -1.02. The summed E-state index contributed by atoms with van der Waals surface area (Å²) in [7, 11) is -4.64. The van der Waals surface area contributed by atoms with Crippen molar-refractivity contribution in [2.45, 2.75) is 142 Å². The van der Waals surface area contributed by atoms with E-state index in [9.17, 15) is 24.2 Å². The van der Waals surface area contributed by atoms with E-state index in [1.165, 1.54) is 0 Å². The molecule has 3 atom stereocenters. The van der Waals surface area contributed by atoms with Gasteiger partial charge in [0.15, 0.2) is 6.10 Å². The maximum Gasteiger partial charge on any atom is 0.472 e. The summed E-state index contributed by atoms with van der Waals surface area (Å²) in [6, 6.07) is 0. The summed E-state index contributed by atoms with van der Waals surface area (Å²) in [6.07, 6.45) is 54.6. The van der Waals surface area contributed by atoms with Crippen LogP contribution in [-0.4, -0.2) is 65.7 Å². The van der Waals surface area contributed by atoms with Gasteiger partial charge in [0.1, 0.15) is 12.7 Å². The Balaban J connectivity index is 4.39. The Morgan fingerprint density at radius 3 is 1.53 bits per heavy atom. The third kappa shape index (κ3) is 42.3. The molecular formula is C48H75O10P. The Morgan fingerprint density at radius 2 is 0.966 bits per heavy atom. The fourth-order valence-corrected chi connectivity index (χ4v) is 5.74. The predicted octanol–water partition coefficient (Wildman–Crippen LogP) is 11.6. The highest BCUT2D eigenvalue weighted by molar-refractivity contribution is 7.47. The average Bonchev–Trinajstić information content (AvgIpc) is 3.22. The minimum atomic E-state index is -4.64. The van der Waals surface area contributed by atoms with Crippen LogP contribution in [0, 0.1) is 0 Å². The Bertz CT molecular complexity index is 1390. The number of carbonyl (C=O) groups is 2. The summed E-state index contributed by atoms with van der Waals surface area (Å²) < 4.78 is 32.6. The molecule has 0 bridgehead atoms. The van der Waals surface area contributed by atoms with Crippen molar-refractivity contribution >= 4 is 19.8 Å². The molecule has 0 spiro atoms. The van der Waals surface area contributed by atoms with Crippen LogP contribution in [0.15, 0.2) is 122 Å². The molecule has 0 aromatic rings. The number of rotatable bonds is 38. The van der Waals surface area contributed by atoms with Crippen molar-refractivity contribution in [2.24, 2.45) is 0 Å². The van der Waals surface area contributed by atoms with E-state index >= 15 is 0 Å². The second-order valence-electron chi connectivity index (χ2n) is 13.7. The van der Waals surface area contributed by atoms with Crippen LogP contribution >= 0.6 is 7.82 Å². The van der Waals surface area contributed by atoms with Gasteiger partial charge in [-0.1, -0.05) is 155 Å². The summed E-state index contributed by atoms with van der Waals surface area (Å²) in [5.41, 5.74) is 0. The van der Waals surface area contributed by atoms with E-state index in [0.717, 1.165) is 89.9 Å². The predicted molar refractivity (Wildman–Crippen MR) is 242 cm³/mol. The Hall–Kier alpha value is -3.63. The maximum absolute atomic E-state index is 12.6. The van der Waals surface area contributed by atoms with E-state index < -0.39 is 51.8 Å². The first-order valence-electron chi connectivity index (χ1n) is 21.5. The second kappa shape index (κ2) is 42.5. The molecule has 0 saturated heterocycles. The number of allylic oxidation sites excluding steroid dienone is 20. The van der Waals surface area contributed by atoms with E-state index in [1.807, 2.05) is 36.5 Å². The number of ether oxygens (including phenoxy) is 2. The first kappa shape index (κ1) is 55.4. The fraction of sp³-hybridized carbons (Fsp3) is 0.542. The number of unbranched alkanes of at least 4 members (excludes halogenated alkanes) is 7. The molecular weight excluding hydrogens is 767 g/mol. The average molecular weight is 843 g/mol. The van der Waals surface area contributed by atoms with Crippen molar-refractivity contribution in [1.29, 1.82) is 0 Å². The number of hydrogen-bond acceptors (Lipinski definition) is 9. The zero-order valence-corrected chi connectivity index (χ0v) is 36.8. The molecule has 0 saturated carbocycles.